The average molecular weight is 395 g/mol. The highest BCUT2D eigenvalue weighted by atomic mass is 16.5. The van der Waals surface area contributed by atoms with Crippen LogP contribution in [0.5, 0.6) is 23.3 Å². The number of rotatable bonds is 9. The molecule has 0 aliphatic heterocycles. The standard InChI is InChI=1S/C21H21N3O5/c1-26-16-7-3-14(4-8-16)11-28-20-18(19(22)25)21(24-13-23-20)29-12-15-5-9-17(27-2)10-6-15/h3-10,13H,11-12H2,1-2H3,(H2,22,25). The normalized spacial score (nSPS) is 10.3. The molecule has 8 heteroatoms. The highest BCUT2D eigenvalue weighted by molar-refractivity contribution is 5.97. The topological polar surface area (TPSA) is 106 Å². The van der Waals surface area contributed by atoms with E-state index in [0.717, 1.165) is 22.6 Å². The van der Waals surface area contributed by atoms with Crippen LogP contribution in [0.25, 0.3) is 0 Å². The van der Waals surface area contributed by atoms with Gasteiger partial charge in [-0.2, -0.15) is 0 Å². The van der Waals surface area contributed by atoms with Gasteiger partial charge in [-0.3, -0.25) is 4.79 Å². The first-order chi connectivity index (χ1) is 14.1. The summed E-state index contributed by atoms with van der Waals surface area (Å²) in [7, 11) is 3.19. The van der Waals surface area contributed by atoms with Crippen LogP contribution in [0.15, 0.2) is 54.9 Å². The highest BCUT2D eigenvalue weighted by Gasteiger charge is 2.20. The number of nitrogens with zero attached hydrogens (tertiary/aromatic N) is 2. The second-order valence-corrected chi connectivity index (χ2v) is 6.00. The zero-order chi connectivity index (χ0) is 20.6. The van der Waals surface area contributed by atoms with Gasteiger partial charge in [0, 0.05) is 0 Å². The summed E-state index contributed by atoms with van der Waals surface area (Å²) < 4.78 is 21.6. The molecule has 0 radical (unpaired) electrons. The van der Waals surface area contributed by atoms with Crippen molar-refractivity contribution in [1.29, 1.82) is 0 Å². The van der Waals surface area contributed by atoms with Crippen molar-refractivity contribution in [3.05, 3.63) is 71.5 Å². The van der Waals surface area contributed by atoms with Crippen LogP contribution < -0.4 is 24.7 Å². The zero-order valence-electron chi connectivity index (χ0n) is 16.1. The summed E-state index contributed by atoms with van der Waals surface area (Å²) in [6.45, 7) is 0.387. The molecule has 8 nitrogen and oxygen atoms in total. The van der Waals surface area contributed by atoms with Gasteiger partial charge < -0.3 is 24.7 Å². The van der Waals surface area contributed by atoms with Gasteiger partial charge in [0.1, 0.15) is 31.0 Å². The third kappa shape index (κ3) is 5.13. The maximum absolute atomic E-state index is 12.0. The third-order valence-electron chi connectivity index (χ3n) is 4.09. The van der Waals surface area contributed by atoms with Crippen LogP contribution in [-0.4, -0.2) is 30.1 Å². The van der Waals surface area contributed by atoms with E-state index >= 15 is 0 Å². The van der Waals surface area contributed by atoms with E-state index in [4.69, 9.17) is 24.7 Å². The van der Waals surface area contributed by atoms with E-state index in [-0.39, 0.29) is 30.5 Å². The minimum absolute atomic E-state index is 0.00507. The Labute approximate surface area is 168 Å². The summed E-state index contributed by atoms with van der Waals surface area (Å²) >= 11 is 0. The smallest absolute Gasteiger partial charge is 0.259 e. The van der Waals surface area contributed by atoms with Crippen molar-refractivity contribution in [2.75, 3.05) is 14.2 Å². The quantitative estimate of drug-likeness (QED) is 0.594. The van der Waals surface area contributed by atoms with Crippen LogP contribution >= 0.6 is 0 Å². The molecule has 29 heavy (non-hydrogen) atoms. The Kier molecular flexibility index (Phi) is 6.47. The molecule has 0 spiro atoms. The maximum Gasteiger partial charge on any atom is 0.259 e. The van der Waals surface area contributed by atoms with E-state index in [9.17, 15) is 4.79 Å². The van der Waals surface area contributed by atoms with Gasteiger partial charge in [-0.25, -0.2) is 9.97 Å². The second-order valence-electron chi connectivity index (χ2n) is 6.00. The summed E-state index contributed by atoms with van der Waals surface area (Å²) in [5.41, 5.74) is 7.26. The highest BCUT2D eigenvalue weighted by Crippen LogP contribution is 2.25. The van der Waals surface area contributed by atoms with Gasteiger partial charge in [0.05, 0.1) is 14.2 Å². The lowest BCUT2D eigenvalue weighted by Gasteiger charge is -2.13. The van der Waals surface area contributed by atoms with Crippen molar-refractivity contribution >= 4 is 5.91 Å². The van der Waals surface area contributed by atoms with Crippen LogP contribution in [0.2, 0.25) is 0 Å². The van der Waals surface area contributed by atoms with Gasteiger partial charge in [0.25, 0.3) is 5.91 Å². The Morgan fingerprint density at radius 3 is 1.55 bits per heavy atom. The Morgan fingerprint density at radius 2 is 1.21 bits per heavy atom. The molecule has 3 rings (SSSR count). The lowest BCUT2D eigenvalue weighted by Crippen LogP contribution is -2.17. The number of carbonyl (C=O) groups excluding carboxylic acids is 1. The predicted octanol–water partition coefficient (Wildman–Crippen LogP) is 2.75. The summed E-state index contributed by atoms with van der Waals surface area (Å²) in [6.07, 6.45) is 1.26. The molecule has 0 saturated heterocycles. The molecule has 0 fully saturated rings. The first-order valence-corrected chi connectivity index (χ1v) is 8.77. The fourth-order valence-electron chi connectivity index (χ4n) is 2.53. The van der Waals surface area contributed by atoms with Crippen molar-refractivity contribution in [2.24, 2.45) is 5.73 Å². The fraction of sp³-hybridized carbons (Fsp3) is 0.190. The number of carbonyl (C=O) groups is 1. The van der Waals surface area contributed by atoms with E-state index in [2.05, 4.69) is 9.97 Å². The molecule has 2 N–H and O–H groups in total. The van der Waals surface area contributed by atoms with Crippen LogP contribution in [0.4, 0.5) is 0 Å². The minimum Gasteiger partial charge on any atom is -0.497 e. The van der Waals surface area contributed by atoms with Gasteiger partial charge >= 0.3 is 0 Å². The number of hydrogen-bond acceptors (Lipinski definition) is 7. The molecule has 0 aliphatic carbocycles. The first kappa shape index (κ1) is 19.9. The molecule has 0 aliphatic rings. The number of methoxy groups -OCH3 is 2. The fourth-order valence-corrected chi connectivity index (χ4v) is 2.53. The molecule has 0 unspecified atom stereocenters. The second kappa shape index (κ2) is 9.41. The Balaban J connectivity index is 1.73. The SMILES string of the molecule is COc1ccc(COc2ncnc(OCc3ccc(OC)cc3)c2C(N)=O)cc1. The molecule has 1 heterocycles. The summed E-state index contributed by atoms with van der Waals surface area (Å²) in [5, 5.41) is 0. The predicted molar refractivity (Wildman–Crippen MR) is 105 cm³/mol. The lowest BCUT2D eigenvalue weighted by atomic mass is 10.2. The minimum atomic E-state index is -0.736. The van der Waals surface area contributed by atoms with E-state index < -0.39 is 5.91 Å². The van der Waals surface area contributed by atoms with E-state index in [1.165, 1.54) is 6.33 Å². The van der Waals surface area contributed by atoms with Gasteiger partial charge in [-0.1, -0.05) is 24.3 Å². The Hall–Kier alpha value is -3.81. The van der Waals surface area contributed by atoms with Crippen LogP contribution in [-0.2, 0) is 13.2 Å². The average Bonchev–Trinajstić information content (AvgIpc) is 2.76. The number of nitrogens with two attached hydrogens (primary N) is 1. The molecule has 150 valence electrons. The van der Waals surface area contributed by atoms with Gasteiger partial charge in [0.2, 0.25) is 11.8 Å². The van der Waals surface area contributed by atoms with Crippen molar-refractivity contribution < 1.29 is 23.7 Å². The van der Waals surface area contributed by atoms with E-state index in [0.29, 0.717) is 0 Å². The van der Waals surface area contributed by atoms with Gasteiger partial charge in [-0.05, 0) is 35.4 Å². The molecule has 0 saturated carbocycles. The molecule has 0 bridgehead atoms. The molecule has 3 aromatic rings. The number of primary amides is 1. The number of hydrogen-bond donors (Lipinski definition) is 1. The molecule has 1 aromatic heterocycles. The van der Waals surface area contributed by atoms with E-state index in [1.807, 2.05) is 48.5 Å². The molecule has 1 amide bonds. The van der Waals surface area contributed by atoms with Crippen LogP contribution in [0.1, 0.15) is 21.5 Å². The number of aromatic nitrogens is 2. The van der Waals surface area contributed by atoms with Crippen molar-refractivity contribution in [3.63, 3.8) is 0 Å². The van der Waals surface area contributed by atoms with Crippen LogP contribution in [0, 0.1) is 0 Å². The van der Waals surface area contributed by atoms with E-state index in [1.54, 1.807) is 14.2 Å². The van der Waals surface area contributed by atoms with Crippen molar-refractivity contribution in [1.82, 2.24) is 9.97 Å². The Bertz CT molecular complexity index is 889. The monoisotopic (exact) mass is 395 g/mol. The molecular weight excluding hydrogens is 374 g/mol. The van der Waals surface area contributed by atoms with Gasteiger partial charge in [-0.15, -0.1) is 0 Å². The molecular formula is C21H21N3O5. The first-order valence-electron chi connectivity index (χ1n) is 8.77. The van der Waals surface area contributed by atoms with Crippen LogP contribution in [0.3, 0.4) is 0 Å². The van der Waals surface area contributed by atoms with Gasteiger partial charge in [0.15, 0.2) is 5.56 Å². The third-order valence-corrected chi connectivity index (χ3v) is 4.09. The maximum atomic E-state index is 12.0. The Morgan fingerprint density at radius 1 is 0.793 bits per heavy atom. The summed E-state index contributed by atoms with van der Waals surface area (Å²) in [6, 6.07) is 14.7. The molecule has 2 aromatic carbocycles. The number of ether oxygens (including phenoxy) is 4. The van der Waals surface area contributed by atoms with Crippen molar-refractivity contribution in [2.45, 2.75) is 13.2 Å². The van der Waals surface area contributed by atoms with Crippen molar-refractivity contribution in [3.8, 4) is 23.3 Å². The molecule has 0 atom stereocenters. The number of amides is 1. The largest absolute Gasteiger partial charge is 0.497 e. The summed E-state index contributed by atoms with van der Waals surface area (Å²) in [5.74, 6) is 0.867. The summed E-state index contributed by atoms with van der Waals surface area (Å²) in [4.78, 5) is 20.0. The lowest BCUT2D eigenvalue weighted by molar-refractivity contribution is 0.0988. The zero-order valence-corrected chi connectivity index (χ0v) is 16.1. The number of benzene rings is 2.